The van der Waals surface area contributed by atoms with Crippen molar-refractivity contribution in [3.05, 3.63) is 33.9 Å². The standard InChI is InChI=1S/C12H14N4O4/c1-7-2-3-8(16(19)20)4-9(7)15-12(18)10-5-14-11(17)6-13-10/h2-4,10,13H,5-6H2,1H3,(H,14,17)(H,15,18). The number of nitro benzene ring substituents is 1. The molecule has 0 spiro atoms. The van der Waals surface area contributed by atoms with Crippen LogP contribution in [0.3, 0.4) is 0 Å². The van der Waals surface area contributed by atoms with Crippen molar-refractivity contribution in [1.82, 2.24) is 10.6 Å². The molecular weight excluding hydrogens is 264 g/mol. The van der Waals surface area contributed by atoms with E-state index in [9.17, 15) is 19.7 Å². The van der Waals surface area contributed by atoms with Gasteiger partial charge in [-0.05, 0) is 12.5 Å². The molecule has 0 aromatic heterocycles. The molecule has 0 aliphatic carbocycles. The third-order valence-electron chi connectivity index (χ3n) is 3.02. The molecule has 0 saturated carbocycles. The number of hydrogen-bond donors (Lipinski definition) is 3. The normalized spacial score (nSPS) is 18.2. The number of nitrogens with one attached hydrogen (secondary N) is 3. The Morgan fingerprint density at radius 2 is 2.25 bits per heavy atom. The topological polar surface area (TPSA) is 113 Å². The minimum Gasteiger partial charge on any atom is -0.353 e. The molecule has 1 unspecified atom stereocenters. The number of nitro groups is 1. The first kappa shape index (κ1) is 13.9. The molecule has 1 aromatic carbocycles. The molecule has 2 amide bonds. The molecule has 1 atom stereocenters. The lowest BCUT2D eigenvalue weighted by atomic mass is 10.1. The Balaban J connectivity index is 2.09. The van der Waals surface area contributed by atoms with Gasteiger partial charge in [0.05, 0.1) is 17.2 Å². The summed E-state index contributed by atoms with van der Waals surface area (Å²) < 4.78 is 0. The Hall–Kier alpha value is -2.48. The highest BCUT2D eigenvalue weighted by atomic mass is 16.6. The van der Waals surface area contributed by atoms with Crippen molar-refractivity contribution < 1.29 is 14.5 Å². The van der Waals surface area contributed by atoms with Gasteiger partial charge in [0, 0.05) is 18.7 Å². The van der Waals surface area contributed by atoms with Crippen LogP contribution in [0.4, 0.5) is 11.4 Å². The summed E-state index contributed by atoms with van der Waals surface area (Å²) in [6, 6.07) is 3.72. The Morgan fingerprint density at radius 3 is 2.85 bits per heavy atom. The van der Waals surface area contributed by atoms with Gasteiger partial charge in [0.2, 0.25) is 11.8 Å². The number of carbonyl (C=O) groups excluding carboxylic acids is 2. The second-order valence-corrected chi connectivity index (χ2v) is 4.48. The average molecular weight is 278 g/mol. The average Bonchev–Trinajstić information content (AvgIpc) is 2.41. The van der Waals surface area contributed by atoms with Gasteiger partial charge in [0.15, 0.2) is 0 Å². The molecule has 1 aliphatic heterocycles. The number of hydrogen-bond acceptors (Lipinski definition) is 5. The molecular formula is C12H14N4O4. The summed E-state index contributed by atoms with van der Waals surface area (Å²) >= 11 is 0. The van der Waals surface area contributed by atoms with Crippen molar-refractivity contribution in [2.75, 3.05) is 18.4 Å². The van der Waals surface area contributed by atoms with Crippen LogP contribution in [0.15, 0.2) is 18.2 Å². The number of nitrogens with zero attached hydrogens (tertiary/aromatic N) is 1. The van der Waals surface area contributed by atoms with E-state index in [4.69, 9.17) is 0 Å². The molecule has 1 aromatic rings. The van der Waals surface area contributed by atoms with Gasteiger partial charge < -0.3 is 10.6 Å². The largest absolute Gasteiger partial charge is 0.353 e. The number of amides is 2. The fourth-order valence-corrected chi connectivity index (χ4v) is 1.83. The molecule has 106 valence electrons. The Kier molecular flexibility index (Phi) is 3.94. The van der Waals surface area contributed by atoms with Crippen molar-refractivity contribution in [3.63, 3.8) is 0 Å². The molecule has 20 heavy (non-hydrogen) atoms. The second kappa shape index (κ2) is 5.66. The number of non-ortho nitro benzene ring substituents is 1. The molecule has 1 fully saturated rings. The summed E-state index contributed by atoms with van der Waals surface area (Å²) in [5, 5.41) is 18.7. The molecule has 8 nitrogen and oxygen atoms in total. The Labute approximate surface area is 114 Å². The zero-order valence-corrected chi connectivity index (χ0v) is 10.8. The van der Waals surface area contributed by atoms with Crippen LogP contribution in [0.5, 0.6) is 0 Å². The van der Waals surface area contributed by atoms with E-state index in [0.717, 1.165) is 5.56 Å². The fourth-order valence-electron chi connectivity index (χ4n) is 1.83. The number of benzene rings is 1. The zero-order chi connectivity index (χ0) is 14.7. The van der Waals surface area contributed by atoms with E-state index in [-0.39, 0.29) is 30.6 Å². The van der Waals surface area contributed by atoms with Crippen LogP contribution in [0, 0.1) is 17.0 Å². The van der Waals surface area contributed by atoms with Crippen molar-refractivity contribution >= 4 is 23.2 Å². The number of aryl methyl sites for hydroxylation is 1. The molecule has 1 saturated heterocycles. The zero-order valence-electron chi connectivity index (χ0n) is 10.8. The highest BCUT2D eigenvalue weighted by Crippen LogP contribution is 2.21. The van der Waals surface area contributed by atoms with Crippen LogP contribution in [0.1, 0.15) is 5.56 Å². The summed E-state index contributed by atoms with van der Waals surface area (Å²) in [4.78, 5) is 33.2. The first-order valence-electron chi connectivity index (χ1n) is 6.03. The number of piperazine rings is 1. The van der Waals surface area contributed by atoms with Gasteiger partial charge in [-0.2, -0.15) is 0 Å². The lowest BCUT2D eigenvalue weighted by Gasteiger charge is -2.23. The van der Waals surface area contributed by atoms with Gasteiger partial charge in [0.1, 0.15) is 6.04 Å². The lowest BCUT2D eigenvalue weighted by Crippen LogP contribution is -2.56. The van der Waals surface area contributed by atoms with E-state index in [1.807, 2.05) is 0 Å². The molecule has 8 heteroatoms. The summed E-state index contributed by atoms with van der Waals surface area (Å²) in [7, 11) is 0. The van der Waals surface area contributed by atoms with Crippen LogP contribution in [0.25, 0.3) is 0 Å². The van der Waals surface area contributed by atoms with Gasteiger partial charge in [-0.15, -0.1) is 0 Å². The molecule has 1 aliphatic rings. The predicted molar refractivity (Wildman–Crippen MR) is 71.3 cm³/mol. The van der Waals surface area contributed by atoms with Crippen LogP contribution in [-0.2, 0) is 9.59 Å². The summed E-state index contributed by atoms with van der Waals surface area (Å²) in [6.45, 7) is 2.01. The maximum atomic E-state index is 12.0. The third kappa shape index (κ3) is 3.09. The van der Waals surface area contributed by atoms with Crippen molar-refractivity contribution in [2.24, 2.45) is 0 Å². The van der Waals surface area contributed by atoms with Gasteiger partial charge >= 0.3 is 0 Å². The number of anilines is 1. The minimum absolute atomic E-state index is 0.0754. The SMILES string of the molecule is Cc1ccc([N+](=O)[O-])cc1NC(=O)C1CNC(=O)CN1. The molecule has 0 radical (unpaired) electrons. The summed E-state index contributed by atoms with van der Waals surface area (Å²) in [5.41, 5.74) is 1.03. The van der Waals surface area contributed by atoms with Crippen molar-refractivity contribution in [2.45, 2.75) is 13.0 Å². The quantitative estimate of drug-likeness (QED) is 0.529. The summed E-state index contributed by atoms with van der Waals surface area (Å²) in [6.07, 6.45) is 0. The fraction of sp³-hybridized carbons (Fsp3) is 0.333. The maximum Gasteiger partial charge on any atom is 0.271 e. The molecule has 1 heterocycles. The van der Waals surface area contributed by atoms with Gasteiger partial charge in [-0.25, -0.2) is 0 Å². The monoisotopic (exact) mass is 278 g/mol. The van der Waals surface area contributed by atoms with E-state index >= 15 is 0 Å². The van der Waals surface area contributed by atoms with E-state index in [2.05, 4.69) is 16.0 Å². The van der Waals surface area contributed by atoms with Gasteiger partial charge in [-0.1, -0.05) is 6.07 Å². The Morgan fingerprint density at radius 1 is 1.50 bits per heavy atom. The molecule has 2 rings (SSSR count). The maximum absolute atomic E-state index is 12.0. The number of carbonyl (C=O) groups is 2. The third-order valence-corrected chi connectivity index (χ3v) is 3.02. The first-order valence-corrected chi connectivity index (χ1v) is 6.03. The first-order chi connectivity index (χ1) is 9.47. The van der Waals surface area contributed by atoms with Crippen LogP contribution in [0.2, 0.25) is 0 Å². The lowest BCUT2D eigenvalue weighted by molar-refractivity contribution is -0.384. The van der Waals surface area contributed by atoms with E-state index in [1.54, 1.807) is 13.0 Å². The van der Waals surface area contributed by atoms with Crippen molar-refractivity contribution in [3.8, 4) is 0 Å². The smallest absolute Gasteiger partial charge is 0.271 e. The molecule has 3 N–H and O–H groups in total. The van der Waals surface area contributed by atoms with Gasteiger partial charge in [-0.3, -0.25) is 25.0 Å². The van der Waals surface area contributed by atoms with Crippen LogP contribution >= 0.6 is 0 Å². The molecule has 0 bridgehead atoms. The van der Waals surface area contributed by atoms with Crippen LogP contribution in [-0.4, -0.2) is 35.9 Å². The van der Waals surface area contributed by atoms with Crippen molar-refractivity contribution in [1.29, 1.82) is 0 Å². The Bertz CT molecular complexity index is 563. The van der Waals surface area contributed by atoms with E-state index in [1.165, 1.54) is 12.1 Å². The van der Waals surface area contributed by atoms with Crippen LogP contribution < -0.4 is 16.0 Å². The van der Waals surface area contributed by atoms with E-state index in [0.29, 0.717) is 5.69 Å². The number of rotatable bonds is 3. The predicted octanol–water partition coefficient (Wildman–Crippen LogP) is -0.0703. The highest BCUT2D eigenvalue weighted by molar-refractivity contribution is 5.97. The highest BCUT2D eigenvalue weighted by Gasteiger charge is 2.24. The second-order valence-electron chi connectivity index (χ2n) is 4.48. The summed E-state index contributed by atoms with van der Waals surface area (Å²) in [5.74, 6) is -0.505. The minimum atomic E-state index is -0.550. The van der Waals surface area contributed by atoms with Gasteiger partial charge in [0.25, 0.3) is 5.69 Å². The van der Waals surface area contributed by atoms with E-state index < -0.39 is 11.0 Å².